The summed E-state index contributed by atoms with van der Waals surface area (Å²) in [4.78, 5) is 6.50. The van der Waals surface area contributed by atoms with Crippen LogP contribution in [0.1, 0.15) is 44.6 Å². The zero-order chi connectivity index (χ0) is 13.7. The topological polar surface area (TPSA) is 36.4 Å². The normalized spacial score (nSPS) is 18.7. The van der Waals surface area contributed by atoms with Gasteiger partial charge in [0.15, 0.2) is 0 Å². The number of nitrogens with zero attached hydrogens (tertiary/aromatic N) is 2. The monoisotopic (exact) mass is 282 g/mol. The second-order valence-electron chi connectivity index (χ2n) is 5.52. The van der Waals surface area contributed by atoms with E-state index >= 15 is 0 Å². The smallest absolute Gasteiger partial charge is 0.133 e. The largest absolute Gasteiger partial charge is 0.392 e. The molecule has 1 atom stereocenters. The van der Waals surface area contributed by atoms with E-state index in [0.29, 0.717) is 17.7 Å². The molecule has 0 saturated heterocycles. The molecule has 106 valence electrons. The van der Waals surface area contributed by atoms with Crippen LogP contribution >= 0.6 is 11.6 Å². The minimum absolute atomic E-state index is 0.308. The summed E-state index contributed by atoms with van der Waals surface area (Å²) in [6, 6.07) is 4.51. The molecule has 0 spiro atoms. The summed E-state index contributed by atoms with van der Waals surface area (Å²) in [5, 5.41) is 10.3. The van der Waals surface area contributed by atoms with Crippen molar-refractivity contribution in [1.82, 2.24) is 9.88 Å². The second-order valence-corrected chi connectivity index (χ2v) is 5.88. The SMILES string of the molecule is CC(O)CN(Cc1cccnc1Cl)C1CCCCC1. The van der Waals surface area contributed by atoms with Crippen LogP contribution in [0, 0.1) is 0 Å². The molecule has 1 saturated carbocycles. The molecule has 3 nitrogen and oxygen atoms in total. The Morgan fingerprint density at radius 3 is 2.79 bits per heavy atom. The Labute approximate surface area is 120 Å². The first-order valence-corrected chi connectivity index (χ1v) is 7.56. The van der Waals surface area contributed by atoms with Gasteiger partial charge in [0.25, 0.3) is 0 Å². The van der Waals surface area contributed by atoms with Crippen LogP contribution < -0.4 is 0 Å². The Bertz CT molecular complexity index is 391. The molecule has 0 radical (unpaired) electrons. The standard InChI is InChI=1S/C15H23ClN2O/c1-12(19)10-18(14-7-3-2-4-8-14)11-13-6-5-9-17-15(13)16/h5-6,9,12,14,19H,2-4,7-8,10-11H2,1H3. The van der Waals surface area contributed by atoms with E-state index in [9.17, 15) is 5.11 Å². The molecular formula is C15H23ClN2O. The fourth-order valence-electron chi connectivity index (χ4n) is 2.88. The highest BCUT2D eigenvalue weighted by Crippen LogP contribution is 2.25. The Hall–Kier alpha value is -0.640. The predicted molar refractivity (Wildman–Crippen MR) is 78.2 cm³/mol. The molecule has 0 aliphatic heterocycles. The molecule has 0 amide bonds. The molecule has 1 aromatic heterocycles. The third-order valence-electron chi connectivity index (χ3n) is 3.80. The van der Waals surface area contributed by atoms with E-state index in [1.165, 1.54) is 32.1 Å². The number of rotatable bonds is 5. The predicted octanol–water partition coefficient (Wildman–Crippen LogP) is 3.25. The van der Waals surface area contributed by atoms with Crippen molar-refractivity contribution in [2.75, 3.05) is 6.54 Å². The molecule has 1 N–H and O–H groups in total. The van der Waals surface area contributed by atoms with Crippen molar-refractivity contribution in [3.63, 3.8) is 0 Å². The summed E-state index contributed by atoms with van der Waals surface area (Å²) in [6.07, 6.45) is 7.79. The Balaban J connectivity index is 2.06. The van der Waals surface area contributed by atoms with Gasteiger partial charge in [0, 0.05) is 30.9 Å². The molecule has 1 unspecified atom stereocenters. The zero-order valence-corrected chi connectivity index (χ0v) is 12.3. The van der Waals surface area contributed by atoms with E-state index in [4.69, 9.17) is 11.6 Å². The molecule has 1 aliphatic carbocycles. The van der Waals surface area contributed by atoms with Crippen LogP contribution in [0.2, 0.25) is 5.15 Å². The third kappa shape index (κ3) is 4.44. The van der Waals surface area contributed by atoms with Crippen molar-refractivity contribution >= 4 is 11.6 Å². The minimum atomic E-state index is -0.308. The fourth-order valence-corrected chi connectivity index (χ4v) is 3.06. The van der Waals surface area contributed by atoms with Crippen LogP contribution in [0.25, 0.3) is 0 Å². The first kappa shape index (κ1) is 14.8. The van der Waals surface area contributed by atoms with Crippen LogP contribution in [-0.4, -0.2) is 33.7 Å². The van der Waals surface area contributed by atoms with Crippen LogP contribution in [0.4, 0.5) is 0 Å². The summed E-state index contributed by atoms with van der Waals surface area (Å²) < 4.78 is 0. The summed E-state index contributed by atoms with van der Waals surface area (Å²) in [7, 11) is 0. The number of aliphatic hydroxyl groups excluding tert-OH is 1. The number of aliphatic hydroxyl groups is 1. The maximum absolute atomic E-state index is 9.71. The second kappa shape index (κ2) is 7.22. The Kier molecular flexibility index (Phi) is 5.61. The Morgan fingerprint density at radius 1 is 1.42 bits per heavy atom. The van der Waals surface area contributed by atoms with E-state index < -0.39 is 0 Å². The molecule has 4 heteroatoms. The van der Waals surface area contributed by atoms with E-state index in [-0.39, 0.29) is 6.10 Å². The van der Waals surface area contributed by atoms with Crippen LogP contribution in [0.15, 0.2) is 18.3 Å². The van der Waals surface area contributed by atoms with Gasteiger partial charge in [-0.3, -0.25) is 4.90 Å². The molecule has 1 aliphatic rings. The van der Waals surface area contributed by atoms with E-state index in [2.05, 4.69) is 9.88 Å². The lowest BCUT2D eigenvalue weighted by Crippen LogP contribution is -2.40. The van der Waals surface area contributed by atoms with Gasteiger partial charge in [-0.1, -0.05) is 36.9 Å². The average molecular weight is 283 g/mol. The molecule has 1 fully saturated rings. The van der Waals surface area contributed by atoms with Gasteiger partial charge in [-0.25, -0.2) is 4.98 Å². The molecule has 0 aromatic carbocycles. The van der Waals surface area contributed by atoms with Gasteiger partial charge in [0.2, 0.25) is 0 Å². The number of pyridine rings is 1. The number of aromatic nitrogens is 1. The molecule has 1 aromatic rings. The fraction of sp³-hybridized carbons (Fsp3) is 0.667. The quantitative estimate of drug-likeness (QED) is 0.842. The van der Waals surface area contributed by atoms with Crippen molar-refractivity contribution in [1.29, 1.82) is 0 Å². The van der Waals surface area contributed by atoms with Gasteiger partial charge in [-0.05, 0) is 25.8 Å². The maximum Gasteiger partial charge on any atom is 0.133 e. The van der Waals surface area contributed by atoms with E-state index in [0.717, 1.165) is 12.1 Å². The summed E-state index contributed by atoms with van der Waals surface area (Å²) in [6.45, 7) is 3.33. The van der Waals surface area contributed by atoms with Crippen LogP contribution in [-0.2, 0) is 6.54 Å². The number of hydrogen-bond acceptors (Lipinski definition) is 3. The van der Waals surface area contributed by atoms with Gasteiger partial charge in [-0.2, -0.15) is 0 Å². The van der Waals surface area contributed by atoms with Gasteiger partial charge < -0.3 is 5.11 Å². The van der Waals surface area contributed by atoms with Gasteiger partial charge in [-0.15, -0.1) is 0 Å². The molecule has 19 heavy (non-hydrogen) atoms. The van der Waals surface area contributed by atoms with Gasteiger partial charge in [0.05, 0.1) is 6.10 Å². The molecule has 1 heterocycles. The average Bonchev–Trinajstić information content (AvgIpc) is 2.41. The van der Waals surface area contributed by atoms with E-state index in [1.54, 1.807) is 6.20 Å². The van der Waals surface area contributed by atoms with Crippen molar-refractivity contribution < 1.29 is 5.11 Å². The summed E-state index contributed by atoms with van der Waals surface area (Å²) >= 11 is 6.14. The van der Waals surface area contributed by atoms with Gasteiger partial charge in [0.1, 0.15) is 5.15 Å². The zero-order valence-electron chi connectivity index (χ0n) is 11.6. The lowest BCUT2D eigenvalue weighted by Gasteiger charge is -2.35. The highest BCUT2D eigenvalue weighted by molar-refractivity contribution is 6.30. The third-order valence-corrected chi connectivity index (χ3v) is 4.14. The molecule has 2 rings (SSSR count). The minimum Gasteiger partial charge on any atom is -0.392 e. The van der Waals surface area contributed by atoms with Crippen molar-refractivity contribution in [3.05, 3.63) is 29.0 Å². The highest BCUT2D eigenvalue weighted by Gasteiger charge is 2.23. The highest BCUT2D eigenvalue weighted by atomic mass is 35.5. The van der Waals surface area contributed by atoms with Gasteiger partial charge >= 0.3 is 0 Å². The van der Waals surface area contributed by atoms with E-state index in [1.807, 2.05) is 19.1 Å². The molecule has 0 bridgehead atoms. The first-order valence-electron chi connectivity index (χ1n) is 7.18. The summed E-state index contributed by atoms with van der Waals surface area (Å²) in [5.41, 5.74) is 1.05. The maximum atomic E-state index is 9.71. The lowest BCUT2D eigenvalue weighted by atomic mass is 9.93. The Morgan fingerprint density at radius 2 is 2.16 bits per heavy atom. The summed E-state index contributed by atoms with van der Waals surface area (Å²) in [5.74, 6) is 0. The van der Waals surface area contributed by atoms with Crippen molar-refractivity contribution in [2.24, 2.45) is 0 Å². The van der Waals surface area contributed by atoms with Crippen molar-refractivity contribution in [3.8, 4) is 0 Å². The van der Waals surface area contributed by atoms with Crippen LogP contribution in [0.3, 0.4) is 0 Å². The first-order chi connectivity index (χ1) is 9.16. The molecular weight excluding hydrogens is 260 g/mol. The van der Waals surface area contributed by atoms with Crippen LogP contribution in [0.5, 0.6) is 0 Å². The number of halogens is 1. The lowest BCUT2D eigenvalue weighted by molar-refractivity contribution is 0.0768. The van der Waals surface area contributed by atoms with Crippen molar-refractivity contribution in [2.45, 2.75) is 57.7 Å². The number of hydrogen-bond donors (Lipinski definition) is 1.